The van der Waals surface area contributed by atoms with E-state index < -0.39 is 89.6 Å². The smallest absolute Gasteiger partial charge is 0.410 e. The number of hydrogen-bond donors (Lipinski definition) is 2. The molecular formula is C50H65N5O11. The quantitative estimate of drug-likeness (QED) is 0.119. The number of esters is 2. The first-order chi connectivity index (χ1) is 31.2. The normalized spacial score (nSPS) is 16.2. The van der Waals surface area contributed by atoms with Gasteiger partial charge < -0.3 is 39.4 Å². The molecule has 1 saturated heterocycles. The molecule has 1 fully saturated rings. The minimum Gasteiger partial charge on any atom is -0.459 e. The molecule has 16 nitrogen and oxygen atoms in total. The van der Waals surface area contributed by atoms with Gasteiger partial charge in [-0.1, -0.05) is 107 Å². The number of carbonyl (C=O) groups is 7. The Labute approximate surface area is 387 Å². The van der Waals surface area contributed by atoms with Gasteiger partial charge in [0, 0.05) is 26.6 Å². The molecule has 0 unspecified atom stereocenters. The second-order valence-corrected chi connectivity index (χ2v) is 18.6. The van der Waals surface area contributed by atoms with Gasteiger partial charge in [0.25, 0.3) is 0 Å². The highest BCUT2D eigenvalue weighted by Gasteiger charge is 2.43. The fraction of sp³-hybridized carbons (Fsp3) is 0.500. The molecule has 5 rings (SSSR count). The Kier molecular flexibility index (Phi) is 17.0. The summed E-state index contributed by atoms with van der Waals surface area (Å²) in [5, 5.41) is 5.37. The number of carbonyl (C=O) groups excluding carboxylic acids is 7. The number of nitrogens with one attached hydrogen (secondary N) is 2. The Hall–Kier alpha value is -6.45. The number of benzene rings is 3. The molecule has 0 saturated carbocycles. The zero-order valence-electron chi connectivity index (χ0n) is 39.7. The Balaban J connectivity index is 1.35. The second-order valence-electron chi connectivity index (χ2n) is 18.6. The van der Waals surface area contributed by atoms with Crippen molar-refractivity contribution in [2.24, 2.45) is 11.8 Å². The van der Waals surface area contributed by atoms with Crippen LogP contribution in [0.3, 0.4) is 0 Å². The molecule has 2 aliphatic rings. The van der Waals surface area contributed by atoms with Crippen LogP contribution in [0.25, 0.3) is 11.1 Å². The predicted octanol–water partition coefficient (Wildman–Crippen LogP) is 6.05. The highest BCUT2D eigenvalue weighted by Crippen LogP contribution is 2.44. The molecule has 0 aromatic heterocycles. The number of rotatable bonds is 17. The molecule has 0 radical (unpaired) electrons. The molecule has 1 aliphatic carbocycles. The van der Waals surface area contributed by atoms with Crippen LogP contribution in [0.4, 0.5) is 9.59 Å². The predicted molar refractivity (Wildman–Crippen MR) is 246 cm³/mol. The van der Waals surface area contributed by atoms with E-state index in [9.17, 15) is 33.6 Å². The van der Waals surface area contributed by atoms with Crippen LogP contribution in [0.1, 0.15) is 90.8 Å². The number of hydrogen-bond acceptors (Lipinski definition) is 11. The lowest BCUT2D eigenvalue weighted by Gasteiger charge is -2.34. The van der Waals surface area contributed by atoms with Crippen molar-refractivity contribution in [3.63, 3.8) is 0 Å². The number of fused-ring (bicyclic) bond motifs is 3. The first kappa shape index (κ1) is 50.5. The molecule has 1 heterocycles. The lowest BCUT2D eigenvalue weighted by molar-refractivity contribution is -0.160. The SMILES string of the molecule is CC(C)[C@@H](C(=O)O[C@H](C)[C@H](NC(=O)OCC1c2ccccc2-c2ccccc21)C(=O)N[C@@H](C(=O)N1CCC[C@H]1C(=O)N(C)CC(=O)OC(C)(C)C)C(C)C)N(C)C(=O)OCc1ccccc1. The Morgan fingerprint density at radius 1 is 0.758 bits per heavy atom. The lowest BCUT2D eigenvalue weighted by atomic mass is 9.98. The zero-order chi connectivity index (χ0) is 48.5. The van der Waals surface area contributed by atoms with E-state index in [2.05, 4.69) is 10.6 Å². The number of nitrogens with zero attached hydrogens (tertiary/aromatic N) is 3. The van der Waals surface area contributed by atoms with Gasteiger partial charge in [-0.3, -0.25) is 24.1 Å². The average molecular weight is 912 g/mol. The van der Waals surface area contributed by atoms with Crippen LogP contribution in [-0.4, -0.2) is 126 Å². The third-order valence-corrected chi connectivity index (χ3v) is 11.7. The first-order valence-corrected chi connectivity index (χ1v) is 22.5. The Bertz CT molecular complexity index is 2180. The fourth-order valence-corrected chi connectivity index (χ4v) is 8.42. The summed E-state index contributed by atoms with van der Waals surface area (Å²) >= 11 is 0. The second kappa shape index (κ2) is 22.2. The maximum absolute atomic E-state index is 14.5. The monoisotopic (exact) mass is 911 g/mol. The van der Waals surface area contributed by atoms with Crippen molar-refractivity contribution >= 4 is 41.8 Å². The molecule has 0 spiro atoms. The minimum absolute atomic E-state index is 0.0303. The van der Waals surface area contributed by atoms with E-state index in [1.165, 1.54) is 30.8 Å². The molecule has 3 aromatic rings. The van der Waals surface area contributed by atoms with Crippen molar-refractivity contribution in [1.82, 2.24) is 25.3 Å². The van der Waals surface area contributed by atoms with Gasteiger partial charge in [-0.25, -0.2) is 14.4 Å². The van der Waals surface area contributed by atoms with E-state index in [0.717, 1.165) is 32.7 Å². The molecule has 0 bridgehead atoms. The van der Waals surface area contributed by atoms with E-state index in [-0.39, 0.29) is 32.2 Å². The van der Waals surface area contributed by atoms with Crippen molar-refractivity contribution in [2.75, 3.05) is 33.8 Å². The number of ether oxygens (including phenoxy) is 4. The maximum Gasteiger partial charge on any atom is 0.410 e. The van der Waals surface area contributed by atoms with Crippen LogP contribution < -0.4 is 10.6 Å². The van der Waals surface area contributed by atoms with E-state index >= 15 is 0 Å². The summed E-state index contributed by atoms with van der Waals surface area (Å²) in [5.41, 5.74) is 3.99. The van der Waals surface area contributed by atoms with Crippen LogP contribution in [-0.2, 0) is 49.5 Å². The molecule has 66 heavy (non-hydrogen) atoms. The summed E-state index contributed by atoms with van der Waals surface area (Å²) in [6, 6.07) is 19.9. The molecule has 356 valence electrons. The topological polar surface area (TPSA) is 190 Å². The van der Waals surface area contributed by atoms with Gasteiger partial charge in [-0.2, -0.15) is 0 Å². The van der Waals surface area contributed by atoms with Crippen LogP contribution in [0, 0.1) is 11.8 Å². The molecule has 3 aromatic carbocycles. The molecule has 5 atom stereocenters. The van der Waals surface area contributed by atoms with Gasteiger partial charge in [0.2, 0.25) is 17.7 Å². The molecule has 5 amide bonds. The van der Waals surface area contributed by atoms with Crippen molar-refractivity contribution in [3.05, 3.63) is 95.6 Å². The molecular weight excluding hydrogens is 847 g/mol. The number of likely N-dealkylation sites (tertiary alicyclic amines) is 1. The van der Waals surface area contributed by atoms with E-state index in [1.54, 1.807) is 60.6 Å². The maximum atomic E-state index is 14.5. The summed E-state index contributed by atoms with van der Waals surface area (Å²) in [7, 11) is 2.88. The van der Waals surface area contributed by atoms with Crippen LogP contribution in [0.2, 0.25) is 0 Å². The van der Waals surface area contributed by atoms with Crippen molar-refractivity contribution < 1.29 is 52.5 Å². The van der Waals surface area contributed by atoms with Gasteiger partial charge in [-0.05, 0) is 80.2 Å². The van der Waals surface area contributed by atoms with Gasteiger partial charge in [0.05, 0.1) is 0 Å². The van der Waals surface area contributed by atoms with Gasteiger partial charge in [0.15, 0.2) is 0 Å². The van der Waals surface area contributed by atoms with Gasteiger partial charge in [-0.15, -0.1) is 0 Å². The average Bonchev–Trinajstić information content (AvgIpc) is 3.88. The largest absolute Gasteiger partial charge is 0.459 e. The van der Waals surface area contributed by atoms with E-state index in [4.69, 9.17) is 18.9 Å². The minimum atomic E-state index is -1.60. The number of likely N-dealkylation sites (N-methyl/N-ethyl adjacent to an activating group) is 2. The van der Waals surface area contributed by atoms with Crippen LogP contribution in [0.15, 0.2) is 78.9 Å². The Morgan fingerprint density at radius 2 is 1.35 bits per heavy atom. The van der Waals surface area contributed by atoms with Crippen LogP contribution in [0.5, 0.6) is 0 Å². The molecule has 2 N–H and O–H groups in total. The first-order valence-electron chi connectivity index (χ1n) is 22.5. The standard InChI is InChI=1S/C50H65N5O11/c1-30(2)41(46(59)55-26-18-25-39(55)45(58)53(9)27-40(56)66-50(6,7)8)51-44(57)42(52-48(61)63-29-38-36-23-16-14-21-34(36)35-22-15-17-24-37(35)38)32(5)65-47(60)43(31(3)4)54(10)49(62)64-28-33-19-12-11-13-20-33/h11-17,19-24,30-32,38-39,41-43H,18,25-29H2,1-10H3,(H,51,57)(H,52,61)/t32-,39+,41-,42+,43+/m1/s1. The number of amides is 5. The zero-order valence-corrected chi connectivity index (χ0v) is 39.7. The van der Waals surface area contributed by atoms with Crippen LogP contribution >= 0.6 is 0 Å². The molecule has 1 aliphatic heterocycles. The van der Waals surface area contributed by atoms with Crippen molar-refractivity contribution in [1.29, 1.82) is 0 Å². The van der Waals surface area contributed by atoms with Crippen molar-refractivity contribution in [3.8, 4) is 11.1 Å². The summed E-state index contributed by atoms with van der Waals surface area (Å²) in [6.45, 7) is 13.3. The van der Waals surface area contributed by atoms with E-state index in [1.807, 2.05) is 66.7 Å². The third-order valence-electron chi connectivity index (χ3n) is 11.7. The van der Waals surface area contributed by atoms with Crippen molar-refractivity contribution in [2.45, 2.75) is 117 Å². The highest BCUT2D eigenvalue weighted by molar-refractivity contribution is 5.95. The summed E-state index contributed by atoms with van der Waals surface area (Å²) in [5.74, 6) is -4.59. The summed E-state index contributed by atoms with van der Waals surface area (Å²) in [4.78, 5) is 99.8. The third kappa shape index (κ3) is 12.7. The van der Waals surface area contributed by atoms with E-state index in [0.29, 0.717) is 12.8 Å². The fourth-order valence-electron chi connectivity index (χ4n) is 8.42. The van der Waals surface area contributed by atoms with Gasteiger partial charge >= 0.3 is 24.1 Å². The number of alkyl carbamates (subject to hydrolysis) is 1. The molecule has 16 heteroatoms. The highest BCUT2D eigenvalue weighted by atomic mass is 16.6. The Morgan fingerprint density at radius 3 is 1.92 bits per heavy atom. The summed E-state index contributed by atoms with van der Waals surface area (Å²) in [6.07, 6.45) is -2.27. The lowest BCUT2D eigenvalue weighted by Crippen LogP contribution is -2.61. The summed E-state index contributed by atoms with van der Waals surface area (Å²) < 4.78 is 22.6. The van der Waals surface area contributed by atoms with Gasteiger partial charge in [0.1, 0.15) is 55.6 Å².